The molecule has 1 aromatic carbocycles. The molecule has 4 atom stereocenters. The maximum Gasteiger partial charge on any atom is 0.249 e. The molecule has 0 unspecified atom stereocenters. The van der Waals surface area contributed by atoms with Crippen LogP contribution in [-0.4, -0.2) is 53.8 Å². The Labute approximate surface area is 174 Å². The highest BCUT2D eigenvalue weighted by molar-refractivity contribution is 5.99. The number of Topliss-reactive ketones (excluding diaryl/α,β-unsaturated/α-hetero) is 1. The lowest BCUT2D eigenvalue weighted by molar-refractivity contribution is -0.139. The fraction of sp³-hybridized carbons (Fsp3) is 0.571. The number of likely N-dealkylation sites (tertiary alicyclic amines) is 1. The number of fused-ring (bicyclic) bond motifs is 1. The van der Waals surface area contributed by atoms with Crippen molar-refractivity contribution in [2.45, 2.75) is 56.2 Å². The van der Waals surface area contributed by atoms with E-state index in [1.165, 1.54) is 4.90 Å². The third-order valence-electron chi connectivity index (χ3n) is 6.59. The van der Waals surface area contributed by atoms with E-state index in [4.69, 9.17) is 16.0 Å². The first kappa shape index (κ1) is 20.4. The predicted octanol–water partition coefficient (Wildman–Crippen LogP) is 2.31. The second-order valence-electron chi connectivity index (χ2n) is 8.28. The number of carbonyl (C=O) groups is 3. The first-order valence-corrected chi connectivity index (χ1v) is 10.4. The maximum absolute atomic E-state index is 13.9. The summed E-state index contributed by atoms with van der Waals surface area (Å²) >= 11 is 0. The van der Waals surface area contributed by atoms with Gasteiger partial charge in [-0.05, 0) is 35.9 Å². The van der Waals surface area contributed by atoms with Gasteiger partial charge in [-0.25, -0.2) is 0 Å². The van der Waals surface area contributed by atoms with Gasteiger partial charge in [0.05, 0.1) is 18.1 Å². The van der Waals surface area contributed by atoms with Crippen LogP contribution in [-0.2, 0) is 14.3 Å². The molecule has 3 fully saturated rings. The fourth-order valence-corrected chi connectivity index (χ4v) is 5.25. The summed E-state index contributed by atoms with van der Waals surface area (Å²) in [6.07, 6.45) is 4.28. The van der Waals surface area contributed by atoms with Crippen LogP contribution in [0.25, 0.3) is 10.4 Å². The third-order valence-corrected chi connectivity index (χ3v) is 6.59. The standard InChI is InChI=1S/C21H25N5O4/c22-20(28)14-9-5-4-8-13(14)17(12-6-2-1-3-7-12)21(29)26-10-15(24-25-23)19-18(26)16(27)11-30-19/h4-5,8-9,12,15,17-19H,1-3,6-7,10-11H2,(H2,22,28)/t15-,17-,18+,19+/m0/s1. The van der Waals surface area contributed by atoms with Gasteiger partial charge in [-0.3, -0.25) is 14.4 Å². The molecule has 3 aliphatic rings. The second-order valence-corrected chi connectivity index (χ2v) is 8.28. The number of azide groups is 1. The number of nitrogens with zero attached hydrogens (tertiary/aromatic N) is 4. The summed E-state index contributed by atoms with van der Waals surface area (Å²) < 4.78 is 5.55. The van der Waals surface area contributed by atoms with Gasteiger partial charge in [-0.2, -0.15) is 0 Å². The lowest BCUT2D eigenvalue weighted by Gasteiger charge is -2.34. The predicted molar refractivity (Wildman–Crippen MR) is 107 cm³/mol. The molecule has 2 saturated heterocycles. The Morgan fingerprint density at radius 1 is 1.23 bits per heavy atom. The van der Waals surface area contributed by atoms with Crippen LogP contribution >= 0.6 is 0 Å². The largest absolute Gasteiger partial charge is 0.367 e. The molecule has 4 rings (SSSR count). The summed E-state index contributed by atoms with van der Waals surface area (Å²) in [4.78, 5) is 42.9. The van der Waals surface area contributed by atoms with Crippen molar-refractivity contribution < 1.29 is 19.1 Å². The molecule has 158 valence electrons. The van der Waals surface area contributed by atoms with Crippen molar-refractivity contribution in [2.24, 2.45) is 16.8 Å². The van der Waals surface area contributed by atoms with Crippen LogP contribution in [0.4, 0.5) is 0 Å². The zero-order valence-corrected chi connectivity index (χ0v) is 16.6. The number of hydrogen-bond acceptors (Lipinski definition) is 5. The van der Waals surface area contributed by atoms with Gasteiger partial charge in [0, 0.05) is 17.0 Å². The summed E-state index contributed by atoms with van der Waals surface area (Å²) in [5, 5.41) is 3.76. The number of carbonyl (C=O) groups excluding carboxylic acids is 3. The number of ether oxygens (including phenoxy) is 1. The van der Waals surface area contributed by atoms with E-state index in [9.17, 15) is 14.4 Å². The Hall–Kier alpha value is -2.90. The number of ketones is 1. The number of primary amides is 1. The molecule has 9 heteroatoms. The molecule has 1 aromatic rings. The zero-order valence-electron chi connectivity index (χ0n) is 16.6. The van der Waals surface area contributed by atoms with E-state index in [0.29, 0.717) is 11.1 Å². The van der Waals surface area contributed by atoms with Crippen molar-refractivity contribution >= 4 is 17.6 Å². The molecule has 30 heavy (non-hydrogen) atoms. The molecule has 0 aromatic heterocycles. The van der Waals surface area contributed by atoms with E-state index in [1.807, 2.05) is 0 Å². The van der Waals surface area contributed by atoms with E-state index >= 15 is 0 Å². The minimum absolute atomic E-state index is 0.0566. The Morgan fingerprint density at radius 2 is 1.97 bits per heavy atom. The van der Waals surface area contributed by atoms with Gasteiger partial charge in [0.25, 0.3) is 0 Å². The van der Waals surface area contributed by atoms with Crippen LogP contribution in [0, 0.1) is 5.92 Å². The van der Waals surface area contributed by atoms with Gasteiger partial charge >= 0.3 is 0 Å². The molecular formula is C21H25N5O4. The van der Waals surface area contributed by atoms with E-state index in [1.54, 1.807) is 24.3 Å². The number of nitrogens with two attached hydrogens (primary N) is 1. The van der Waals surface area contributed by atoms with Gasteiger partial charge in [-0.1, -0.05) is 42.6 Å². The van der Waals surface area contributed by atoms with E-state index in [2.05, 4.69) is 10.0 Å². The van der Waals surface area contributed by atoms with Crippen LogP contribution in [0.15, 0.2) is 29.4 Å². The van der Waals surface area contributed by atoms with Crippen molar-refractivity contribution in [3.63, 3.8) is 0 Å². The molecule has 1 saturated carbocycles. The van der Waals surface area contributed by atoms with Crippen LogP contribution < -0.4 is 5.73 Å². The van der Waals surface area contributed by atoms with Crippen molar-refractivity contribution in [2.75, 3.05) is 13.2 Å². The van der Waals surface area contributed by atoms with Crippen molar-refractivity contribution in [1.29, 1.82) is 0 Å². The third kappa shape index (κ3) is 3.55. The van der Waals surface area contributed by atoms with E-state index in [-0.39, 0.29) is 30.8 Å². The Balaban J connectivity index is 1.74. The van der Waals surface area contributed by atoms with Crippen molar-refractivity contribution in [1.82, 2.24) is 4.90 Å². The quantitative estimate of drug-likeness (QED) is 0.451. The molecule has 2 N–H and O–H groups in total. The lowest BCUT2D eigenvalue weighted by atomic mass is 9.74. The summed E-state index contributed by atoms with van der Waals surface area (Å²) in [5.41, 5.74) is 15.4. The van der Waals surface area contributed by atoms with Crippen LogP contribution in [0.2, 0.25) is 0 Å². The molecule has 0 spiro atoms. The fourth-order valence-electron chi connectivity index (χ4n) is 5.25. The highest BCUT2D eigenvalue weighted by Crippen LogP contribution is 2.41. The summed E-state index contributed by atoms with van der Waals surface area (Å²) in [6, 6.07) is 5.59. The van der Waals surface area contributed by atoms with Crippen LogP contribution in [0.5, 0.6) is 0 Å². The molecule has 2 amide bonds. The molecule has 0 bridgehead atoms. The maximum atomic E-state index is 13.9. The first-order valence-electron chi connectivity index (χ1n) is 10.4. The molecule has 9 nitrogen and oxygen atoms in total. The van der Waals surface area contributed by atoms with Gasteiger partial charge in [0.1, 0.15) is 12.6 Å². The first-order chi connectivity index (χ1) is 14.5. The topological polar surface area (TPSA) is 138 Å². The highest BCUT2D eigenvalue weighted by atomic mass is 16.5. The van der Waals surface area contributed by atoms with Crippen molar-refractivity contribution in [3.8, 4) is 0 Å². The van der Waals surface area contributed by atoms with Crippen molar-refractivity contribution in [3.05, 3.63) is 45.8 Å². The second kappa shape index (κ2) is 8.45. The summed E-state index contributed by atoms with van der Waals surface area (Å²) in [5.74, 6) is -1.51. The van der Waals surface area contributed by atoms with Gasteiger partial charge in [0.15, 0.2) is 5.78 Å². The monoisotopic (exact) mass is 411 g/mol. The molecule has 2 aliphatic heterocycles. The summed E-state index contributed by atoms with van der Waals surface area (Å²) in [7, 11) is 0. The average molecular weight is 411 g/mol. The molecule has 0 radical (unpaired) electrons. The Morgan fingerprint density at radius 3 is 2.67 bits per heavy atom. The normalized spacial score (nSPS) is 27.4. The summed E-state index contributed by atoms with van der Waals surface area (Å²) in [6.45, 7) is 0.0362. The highest BCUT2D eigenvalue weighted by Gasteiger charge is 2.53. The van der Waals surface area contributed by atoms with Gasteiger partial charge < -0.3 is 15.4 Å². The molecular weight excluding hydrogens is 386 g/mol. The lowest BCUT2D eigenvalue weighted by Crippen LogP contribution is -2.46. The van der Waals surface area contributed by atoms with Crippen LogP contribution in [0.1, 0.15) is 53.9 Å². The molecule has 1 aliphatic carbocycles. The SMILES string of the molecule is [N-]=[N+]=N[C@H]1CN(C(=O)[C@H](c2ccccc2C(N)=O)C2CCCCC2)[C@@H]2C(=O)CO[C@H]12. The van der Waals surface area contributed by atoms with E-state index < -0.39 is 30.0 Å². The minimum atomic E-state index is -0.750. The minimum Gasteiger partial charge on any atom is -0.367 e. The zero-order chi connectivity index (χ0) is 21.3. The number of rotatable bonds is 5. The number of benzene rings is 1. The van der Waals surface area contributed by atoms with E-state index in [0.717, 1.165) is 32.1 Å². The average Bonchev–Trinajstić information content (AvgIpc) is 3.31. The van der Waals surface area contributed by atoms with Gasteiger partial charge in [-0.15, -0.1) is 0 Å². The van der Waals surface area contributed by atoms with Crippen LogP contribution in [0.3, 0.4) is 0 Å². The molecule has 2 heterocycles. The Bertz CT molecular complexity index is 906. The number of hydrogen-bond donors (Lipinski definition) is 1. The number of amides is 2. The Kier molecular flexibility index (Phi) is 5.74. The van der Waals surface area contributed by atoms with Gasteiger partial charge in [0.2, 0.25) is 11.8 Å². The smallest absolute Gasteiger partial charge is 0.249 e.